The number of rotatable bonds is 10. The van der Waals surface area contributed by atoms with Crippen LogP contribution < -0.4 is 15.5 Å². The summed E-state index contributed by atoms with van der Waals surface area (Å²) in [5, 5.41) is 5.42. The van der Waals surface area contributed by atoms with Gasteiger partial charge in [-0.2, -0.15) is 0 Å². The molecule has 2 saturated heterocycles. The van der Waals surface area contributed by atoms with Crippen molar-refractivity contribution in [1.29, 1.82) is 0 Å². The summed E-state index contributed by atoms with van der Waals surface area (Å²) >= 11 is 1.38. The minimum absolute atomic E-state index is 0.0991. The summed E-state index contributed by atoms with van der Waals surface area (Å²) in [7, 11) is 0. The van der Waals surface area contributed by atoms with Gasteiger partial charge in [0.2, 0.25) is 11.8 Å². The number of alkyl carbamates (subject to hydrolysis) is 1. The first kappa shape index (κ1) is 32.7. The number of amides is 3. The van der Waals surface area contributed by atoms with Crippen molar-refractivity contribution >= 4 is 51.9 Å². The summed E-state index contributed by atoms with van der Waals surface area (Å²) in [6.45, 7) is 5.09. The van der Waals surface area contributed by atoms with E-state index in [9.17, 15) is 14.4 Å². The van der Waals surface area contributed by atoms with Crippen LogP contribution in [-0.2, 0) is 32.2 Å². The summed E-state index contributed by atoms with van der Waals surface area (Å²) in [6, 6.07) is 29.2. The second kappa shape index (κ2) is 15.6. The molecule has 2 fully saturated rings. The first-order valence-corrected chi connectivity index (χ1v) is 16.6. The molecule has 2 aliphatic heterocycles. The van der Waals surface area contributed by atoms with E-state index < -0.39 is 23.3 Å². The van der Waals surface area contributed by atoms with E-state index in [2.05, 4.69) is 20.5 Å². The number of nitrogens with zero attached hydrogens (tertiary/aromatic N) is 4. The molecule has 0 spiro atoms. The van der Waals surface area contributed by atoms with Crippen molar-refractivity contribution in [3.05, 3.63) is 120 Å². The number of morpholine rings is 1. The van der Waals surface area contributed by atoms with Crippen LogP contribution in [0.25, 0.3) is 0 Å². The van der Waals surface area contributed by atoms with Gasteiger partial charge in [0.25, 0.3) is 0 Å². The molecule has 6 rings (SSSR count). The molecule has 2 atom stereocenters. The number of pyridine rings is 1. The zero-order valence-corrected chi connectivity index (χ0v) is 27.3. The summed E-state index contributed by atoms with van der Waals surface area (Å²) in [6.07, 6.45) is 1.02. The lowest BCUT2D eigenvalue weighted by atomic mass is 10.1. The predicted molar refractivity (Wildman–Crippen MR) is 186 cm³/mol. The highest BCUT2D eigenvalue weighted by Crippen LogP contribution is 2.41. The maximum atomic E-state index is 13.8. The number of amidine groups is 1. The smallest absolute Gasteiger partial charge is 0.408 e. The first-order valence-electron chi connectivity index (χ1n) is 15.7. The number of hydrogen-bond acceptors (Lipinski definition) is 9. The Bertz CT molecular complexity index is 1730. The number of ether oxygens (including phenoxy) is 2. The molecule has 3 aromatic carbocycles. The van der Waals surface area contributed by atoms with Crippen LogP contribution >= 0.6 is 11.8 Å². The van der Waals surface area contributed by atoms with E-state index in [4.69, 9.17) is 14.5 Å². The van der Waals surface area contributed by atoms with Gasteiger partial charge in [-0.3, -0.25) is 19.5 Å². The Labute approximate surface area is 283 Å². The Hall–Kier alpha value is -5.20. The lowest BCUT2D eigenvalue weighted by molar-refractivity contribution is -0.126. The van der Waals surface area contributed by atoms with E-state index in [1.54, 1.807) is 30.2 Å². The lowest BCUT2D eigenvalue weighted by Gasteiger charge is -2.28. The van der Waals surface area contributed by atoms with Crippen LogP contribution in [0.5, 0.6) is 0 Å². The predicted octanol–water partition coefficient (Wildman–Crippen LogP) is 5.68. The normalized spacial score (nSPS) is 17.6. The van der Waals surface area contributed by atoms with Crippen LogP contribution in [0, 0.1) is 0 Å². The fourth-order valence-electron chi connectivity index (χ4n) is 5.22. The Morgan fingerprint density at radius 3 is 2.42 bits per heavy atom. The van der Waals surface area contributed by atoms with Crippen LogP contribution in [0.3, 0.4) is 0 Å². The molecule has 0 saturated carbocycles. The van der Waals surface area contributed by atoms with Gasteiger partial charge in [-0.25, -0.2) is 9.79 Å². The van der Waals surface area contributed by atoms with E-state index in [0.717, 1.165) is 41.3 Å². The topological polar surface area (TPSA) is 125 Å². The molecule has 1 unspecified atom stereocenters. The van der Waals surface area contributed by atoms with Gasteiger partial charge in [-0.15, -0.1) is 0 Å². The van der Waals surface area contributed by atoms with E-state index in [-0.39, 0.29) is 12.5 Å². The van der Waals surface area contributed by atoms with Gasteiger partial charge < -0.3 is 25.0 Å². The zero-order chi connectivity index (χ0) is 33.3. The summed E-state index contributed by atoms with van der Waals surface area (Å²) in [5.74, 6) is -0.501. The number of hydrogen-bond donors (Lipinski definition) is 2. The summed E-state index contributed by atoms with van der Waals surface area (Å²) < 4.78 is 10.7. The van der Waals surface area contributed by atoms with Crippen LogP contribution in [0.4, 0.5) is 21.9 Å². The van der Waals surface area contributed by atoms with Gasteiger partial charge in [0.05, 0.1) is 31.1 Å². The molecule has 3 heterocycles. The average molecular weight is 665 g/mol. The second-order valence-electron chi connectivity index (χ2n) is 11.3. The van der Waals surface area contributed by atoms with E-state index in [0.29, 0.717) is 30.6 Å². The third-order valence-corrected chi connectivity index (χ3v) is 9.09. The molecule has 0 radical (unpaired) electrons. The number of thioether (sulfide) groups is 1. The molecule has 246 valence electrons. The number of nitrogens with one attached hydrogen (secondary N) is 2. The molecule has 2 aliphatic rings. The molecule has 3 amide bonds. The van der Waals surface area contributed by atoms with Crippen molar-refractivity contribution in [2.45, 2.75) is 31.4 Å². The second-order valence-corrected chi connectivity index (χ2v) is 12.4. The number of carbonyl (C=O) groups excluding carboxylic acids is 3. The number of carbonyl (C=O) groups is 3. The van der Waals surface area contributed by atoms with Crippen molar-refractivity contribution in [2.75, 3.05) is 36.5 Å². The maximum absolute atomic E-state index is 13.8. The molecule has 1 aromatic heterocycles. The summed E-state index contributed by atoms with van der Waals surface area (Å²) in [4.78, 5) is 52.1. The maximum Gasteiger partial charge on any atom is 0.408 e. The highest BCUT2D eigenvalue weighted by atomic mass is 32.2. The Balaban J connectivity index is 1.11. The van der Waals surface area contributed by atoms with Crippen LogP contribution in [-0.4, -0.2) is 65.3 Å². The SMILES string of the molecule is C[C@@H](NC(=O)OCc1ccccc1)C(=O)Nc1ccc(C2SC(=Nc3ccc(N4CCOCC4)cc3)N(Cc3ccccn3)C2=O)cc1. The molecular weight excluding hydrogens is 628 g/mol. The van der Waals surface area contributed by atoms with Gasteiger partial charge >= 0.3 is 6.09 Å². The van der Waals surface area contributed by atoms with Crippen molar-refractivity contribution in [3.8, 4) is 0 Å². The fraction of sp³-hybridized carbons (Fsp3) is 0.250. The van der Waals surface area contributed by atoms with Crippen molar-refractivity contribution in [1.82, 2.24) is 15.2 Å². The zero-order valence-electron chi connectivity index (χ0n) is 26.5. The molecule has 0 bridgehead atoms. The molecule has 4 aromatic rings. The molecular formula is C36H36N6O5S. The van der Waals surface area contributed by atoms with Gasteiger partial charge in [0.1, 0.15) is 17.9 Å². The fourth-order valence-corrected chi connectivity index (χ4v) is 6.39. The van der Waals surface area contributed by atoms with Crippen molar-refractivity contribution in [3.63, 3.8) is 0 Å². The average Bonchev–Trinajstić information content (AvgIpc) is 3.42. The molecule has 12 heteroatoms. The van der Waals surface area contributed by atoms with Crippen molar-refractivity contribution in [2.24, 2.45) is 4.99 Å². The van der Waals surface area contributed by atoms with Crippen molar-refractivity contribution < 1.29 is 23.9 Å². The quantitative estimate of drug-likeness (QED) is 0.222. The van der Waals surface area contributed by atoms with Gasteiger partial charge in [0, 0.05) is 30.7 Å². The van der Waals surface area contributed by atoms with Gasteiger partial charge in [0.15, 0.2) is 5.17 Å². The highest BCUT2D eigenvalue weighted by molar-refractivity contribution is 8.15. The van der Waals surface area contributed by atoms with Crippen LogP contribution in [0.15, 0.2) is 108 Å². The van der Waals surface area contributed by atoms with E-state index in [1.807, 2.05) is 84.9 Å². The molecule has 48 heavy (non-hydrogen) atoms. The molecule has 2 N–H and O–H groups in total. The molecule has 0 aliphatic carbocycles. The first-order chi connectivity index (χ1) is 23.4. The van der Waals surface area contributed by atoms with E-state index >= 15 is 0 Å². The highest BCUT2D eigenvalue weighted by Gasteiger charge is 2.39. The van der Waals surface area contributed by atoms with Crippen LogP contribution in [0.1, 0.15) is 29.0 Å². The van der Waals surface area contributed by atoms with E-state index in [1.165, 1.54) is 11.8 Å². The van der Waals surface area contributed by atoms with Gasteiger partial charge in [-0.05, 0) is 66.6 Å². The number of benzene rings is 3. The number of aromatic nitrogens is 1. The number of aliphatic imine (C=N–C) groups is 1. The van der Waals surface area contributed by atoms with Crippen LogP contribution in [0.2, 0.25) is 0 Å². The summed E-state index contributed by atoms with van der Waals surface area (Å²) in [5.41, 5.74) is 4.77. The third kappa shape index (κ3) is 8.38. The number of anilines is 2. The molecule has 11 nitrogen and oxygen atoms in total. The lowest BCUT2D eigenvalue weighted by Crippen LogP contribution is -2.41. The minimum atomic E-state index is -0.832. The Kier molecular flexibility index (Phi) is 10.6. The minimum Gasteiger partial charge on any atom is -0.445 e. The Morgan fingerprint density at radius 1 is 0.979 bits per heavy atom. The largest absolute Gasteiger partial charge is 0.445 e. The monoisotopic (exact) mass is 664 g/mol. The Morgan fingerprint density at radius 2 is 1.71 bits per heavy atom. The van der Waals surface area contributed by atoms with Gasteiger partial charge in [-0.1, -0.05) is 60.3 Å². The third-order valence-electron chi connectivity index (χ3n) is 7.86. The standard InChI is InChI=1S/C36H36N6O5S/c1-25(38-36(45)47-24-26-7-3-2-4-8-26)33(43)39-28-12-10-27(11-13-28)32-34(44)42(23-30-9-5-6-18-37-30)35(48-32)40-29-14-16-31(17-15-29)41-19-21-46-22-20-41/h2-18,25,32H,19-24H2,1H3,(H,38,45)(H,39,43)/t25-,32?/m1/s1.